The molecule has 1 aromatic rings. The first-order chi connectivity index (χ1) is 12.6. The molecular formula is C21H30N2O2S. The van der Waals surface area contributed by atoms with Gasteiger partial charge in [-0.3, -0.25) is 9.59 Å². The Morgan fingerprint density at radius 1 is 1.15 bits per heavy atom. The van der Waals surface area contributed by atoms with E-state index in [1.165, 1.54) is 0 Å². The van der Waals surface area contributed by atoms with Crippen LogP contribution >= 0.6 is 11.8 Å². The Morgan fingerprint density at radius 3 is 2.62 bits per heavy atom. The second-order valence-electron chi connectivity index (χ2n) is 7.46. The predicted molar refractivity (Wildman–Crippen MR) is 107 cm³/mol. The molecule has 5 heteroatoms. The normalized spacial score (nSPS) is 19.2. The first kappa shape index (κ1) is 19.3. The molecule has 2 fully saturated rings. The lowest BCUT2D eigenvalue weighted by atomic mass is 10.00. The lowest BCUT2D eigenvalue weighted by Gasteiger charge is -2.44. The van der Waals surface area contributed by atoms with Crippen LogP contribution in [0.5, 0.6) is 0 Å². The van der Waals surface area contributed by atoms with Gasteiger partial charge in [0.05, 0.1) is 4.87 Å². The highest BCUT2D eigenvalue weighted by Gasteiger charge is 2.46. The molecule has 2 aliphatic heterocycles. The maximum absolute atomic E-state index is 13.1. The molecular weight excluding hydrogens is 344 g/mol. The van der Waals surface area contributed by atoms with Gasteiger partial charge in [-0.1, -0.05) is 37.5 Å². The second-order valence-corrected chi connectivity index (χ2v) is 8.92. The van der Waals surface area contributed by atoms with Gasteiger partial charge in [0.2, 0.25) is 5.91 Å². The number of amides is 2. The largest absolute Gasteiger partial charge is 0.342 e. The van der Waals surface area contributed by atoms with Crippen LogP contribution in [0.3, 0.4) is 0 Å². The molecule has 0 N–H and O–H groups in total. The van der Waals surface area contributed by atoms with E-state index in [0.717, 1.165) is 68.6 Å². The first-order valence-corrected chi connectivity index (χ1v) is 10.8. The summed E-state index contributed by atoms with van der Waals surface area (Å²) in [5.41, 5.74) is 1.90. The van der Waals surface area contributed by atoms with Crippen LogP contribution in [0.15, 0.2) is 24.3 Å². The van der Waals surface area contributed by atoms with Crippen molar-refractivity contribution in [2.24, 2.45) is 0 Å². The van der Waals surface area contributed by atoms with Crippen molar-refractivity contribution in [3.8, 4) is 0 Å². The lowest BCUT2D eigenvalue weighted by Crippen LogP contribution is -2.53. The fraction of sp³-hybridized carbons (Fsp3) is 0.619. The molecule has 0 radical (unpaired) electrons. The molecule has 1 aromatic carbocycles. The van der Waals surface area contributed by atoms with E-state index in [4.69, 9.17) is 0 Å². The van der Waals surface area contributed by atoms with Crippen molar-refractivity contribution in [2.45, 2.75) is 57.2 Å². The molecule has 0 aromatic heterocycles. The molecule has 2 saturated heterocycles. The van der Waals surface area contributed by atoms with E-state index in [1.54, 1.807) is 0 Å². The van der Waals surface area contributed by atoms with Gasteiger partial charge in [-0.25, -0.2) is 0 Å². The average Bonchev–Trinajstić information content (AvgIpc) is 3.05. The van der Waals surface area contributed by atoms with Crippen LogP contribution in [0.2, 0.25) is 0 Å². The molecule has 1 spiro atoms. The number of aryl methyl sites for hydroxylation is 1. The number of carbonyl (C=O) groups excluding carboxylic acids is 2. The maximum atomic E-state index is 13.1. The van der Waals surface area contributed by atoms with Crippen molar-refractivity contribution in [3.63, 3.8) is 0 Å². The van der Waals surface area contributed by atoms with Gasteiger partial charge in [-0.05, 0) is 38.3 Å². The summed E-state index contributed by atoms with van der Waals surface area (Å²) in [7, 11) is 0. The minimum Gasteiger partial charge on any atom is -0.342 e. The lowest BCUT2D eigenvalue weighted by molar-refractivity contribution is -0.132. The summed E-state index contributed by atoms with van der Waals surface area (Å²) < 4.78 is 0. The van der Waals surface area contributed by atoms with Gasteiger partial charge in [0.1, 0.15) is 0 Å². The molecule has 142 valence electrons. The van der Waals surface area contributed by atoms with Crippen molar-refractivity contribution >= 4 is 23.6 Å². The molecule has 0 aliphatic carbocycles. The van der Waals surface area contributed by atoms with Gasteiger partial charge < -0.3 is 9.80 Å². The van der Waals surface area contributed by atoms with Gasteiger partial charge in [-0.2, -0.15) is 0 Å². The van der Waals surface area contributed by atoms with Gasteiger partial charge in [0, 0.05) is 37.4 Å². The van der Waals surface area contributed by atoms with Crippen LogP contribution in [0.4, 0.5) is 0 Å². The van der Waals surface area contributed by atoms with Crippen molar-refractivity contribution in [1.29, 1.82) is 0 Å². The summed E-state index contributed by atoms with van der Waals surface area (Å²) in [6.45, 7) is 6.53. The quantitative estimate of drug-likeness (QED) is 0.729. The number of rotatable bonds is 5. The zero-order valence-electron chi connectivity index (χ0n) is 16.0. The van der Waals surface area contributed by atoms with Crippen molar-refractivity contribution in [3.05, 3.63) is 35.4 Å². The van der Waals surface area contributed by atoms with Crippen LogP contribution in [-0.2, 0) is 4.79 Å². The fourth-order valence-corrected chi connectivity index (χ4v) is 5.49. The standard InChI is InChI=1S/C21H30N2O2S/c1-3-4-5-9-19(24)22-12-10-21(11-13-22)23(14-15-26-21)20(25)18-8-6-7-17(2)16-18/h6-8,16H,3-5,9-15H2,1-2H3. The van der Waals surface area contributed by atoms with Crippen LogP contribution in [0.25, 0.3) is 0 Å². The Morgan fingerprint density at radius 2 is 1.92 bits per heavy atom. The number of carbonyl (C=O) groups is 2. The third-order valence-electron chi connectivity index (χ3n) is 5.58. The molecule has 0 atom stereocenters. The average molecular weight is 375 g/mol. The van der Waals surface area contributed by atoms with Gasteiger partial charge in [0.25, 0.3) is 5.91 Å². The van der Waals surface area contributed by atoms with Gasteiger partial charge in [-0.15, -0.1) is 11.8 Å². The molecule has 26 heavy (non-hydrogen) atoms. The van der Waals surface area contributed by atoms with Crippen molar-refractivity contribution in [1.82, 2.24) is 9.80 Å². The van der Waals surface area contributed by atoms with E-state index < -0.39 is 0 Å². The molecule has 2 aliphatic rings. The van der Waals surface area contributed by atoms with Crippen LogP contribution in [-0.4, -0.2) is 51.9 Å². The number of unbranched alkanes of at least 4 members (excludes halogenated alkanes) is 2. The van der Waals surface area contributed by atoms with E-state index in [2.05, 4.69) is 11.8 Å². The van der Waals surface area contributed by atoms with E-state index in [-0.39, 0.29) is 16.7 Å². The third kappa shape index (κ3) is 4.08. The number of nitrogens with zero attached hydrogens (tertiary/aromatic N) is 2. The molecule has 0 unspecified atom stereocenters. The van der Waals surface area contributed by atoms with Crippen LogP contribution in [0, 0.1) is 6.92 Å². The fourth-order valence-electron chi connectivity index (χ4n) is 4.03. The van der Waals surface area contributed by atoms with E-state index >= 15 is 0 Å². The zero-order valence-corrected chi connectivity index (χ0v) is 16.8. The molecule has 0 saturated carbocycles. The number of hydrogen-bond acceptors (Lipinski definition) is 3. The van der Waals surface area contributed by atoms with Gasteiger partial charge >= 0.3 is 0 Å². The number of thioether (sulfide) groups is 1. The topological polar surface area (TPSA) is 40.6 Å². The minimum absolute atomic E-state index is 0.124. The van der Waals surface area contributed by atoms with E-state index in [9.17, 15) is 9.59 Å². The number of hydrogen-bond donors (Lipinski definition) is 0. The summed E-state index contributed by atoms with van der Waals surface area (Å²) in [6.07, 6.45) is 5.69. The monoisotopic (exact) mass is 374 g/mol. The third-order valence-corrected chi connectivity index (χ3v) is 7.13. The van der Waals surface area contributed by atoms with Crippen molar-refractivity contribution < 1.29 is 9.59 Å². The Labute approximate surface area is 161 Å². The molecule has 2 heterocycles. The van der Waals surface area contributed by atoms with Crippen molar-refractivity contribution in [2.75, 3.05) is 25.4 Å². The Bertz CT molecular complexity index is 653. The number of likely N-dealkylation sites (tertiary alicyclic amines) is 1. The highest BCUT2D eigenvalue weighted by atomic mass is 32.2. The summed E-state index contributed by atoms with van der Waals surface area (Å²) >= 11 is 1.90. The summed E-state index contributed by atoms with van der Waals surface area (Å²) in [5.74, 6) is 1.41. The molecule has 3 rings (SSSR count). The predicted octanol–water partition coefficient (Wildman–Crippen LogP) is 4.08. The summed E-state index contributed by atoms with van der Waals surface area (Å²) in [4.78, 5) is 29.4. The molecule has 0 bridgehead atoms. The zero-order chi connectivity index (χ0) is 18.6. The SMILES string of the molecule is CCCCCC(=O)N1CCC2(CC1)SCCN2C(=O)c1cccc(C)c1. The first-order valence-electron chi connectivity index (χ1n) is 9.86. The highest BCUT2D eigenvalue weighted by Crippen LogP contribution is 2.44. The van der Waals surface area contributed by atoms with Crippen LogP contribution < -0.4 is 0 Å². The summed E-state index contributed by atoms with van der Waals surface area (Å²) in [5, 5.41) is 0. The number of benzene rings is 1. The minimum atomic E-state index is -0.124. The van der Waals surface area contributed by atoms with Gasteiger partial charge in [0.15, 0.2) is 0 Å². The second kappa shape index (κ2) is 8.47. The van der Waals surface area contributed by atoms with Crippen LogP contribution in [0.1, 0.15) is 61.4 Å². The Kier molecular flexibility index (Phi) is 6.28. The maximum Gasteiger partial charge on any atom is 0.255 e. The molecule has 4 nitrogen and oxygen atoms in total. The number of piperidine rings is 1. The smallest absolute Gasteiger partial charge is 0.255 e. The van der Waals surface area contributed by atoms with E-state index in [1.807, 2.05) is 47.9 Å². The molecule has 2 amide bonds. The Balaban J connectivity index is 1.63. The summed E-state index contributed by atoms with van der Waals surface area (Å²) in [6, 6.07) is 7.87. The van der Waals surface area contributed by atoms with E-state index in [0.29, 0.717) is 6.42 Å². The highest BCUT2D eigenvalue weighted by molar-refractivity contribution is 8.00. The Hall–Kier alpha value is -1.49.